The molecule has 0 aromatic heterocycles. The molecular formula is C33H43N3O11Si. The highest BCUT2D eigenvalue weighted by molar-refractivity contribution is 6.71. The van der Waals surface area contributed by atoms with Crippen molar-refractivity contribution in [3.8, 4) is 0 Å². The molecule has 7 N–H and O–H groups in total. The van der Waals surface area contributed by atoms with Crippen LogP contribution >= 0.6 is 0 Å². The number of amides is 3. The molecule has 14 nitrogen and oxygen atoms in total. The predicted molar refractivity (Wildman–Crippen MR) is 173 cm³/mol. The number of ether oxygens (including phenoxy) is 2. The summed E-state index contributed by atoms with van der Waals surface area (Å²) in [4.78, 5) is 55.9. The van der Waals surface area contributed by atoms with Crippen LogP contribution in [0.5, 0.6) is 0 Å². The molecule has 1 spiro atoms. The van der Waals surface area contributed by atoms with E-state index in [0.29, 0.717) is 24.2 Å². The monoisotopic (exact) mass is 685 g/mol. The maximum Gasteiger partial charge on any atom is 0.264 e. The van der Waals surface area contributed by atoms with Crippen LogP contribution in [0.25, 0.3) is 0 Å². The Kier molecular flexibility index (Phi) is 9.06. The van der Waals surface area contributed by atoms with Gasteiger partial charge in [0, 0.05) is 36.3 Å². The van der Waals surface area contributed by atoms with Gasteiger partial charge in [-0.05, 0) is 48.8 Å². The van der Waals surface area contributed by atoms with Crippen molar-refractivity contribution in [3.05, 3.63) is 59.2 Å². The summed E-state index contributed by atoms with van der Waals surface area (Å²) >= 11 is 0. The molecule has 0 bridgehead atoms. The topological polar surface area (TPSA) is 210 Å². The molecule has 0 aliphatic carbocycles. The predicted octanol–water partition coefficient (Wildman–Crippen LogP) is -0.465. The lowest BCUT2D eigenvalue weighted by atomic mass is 9.82. The summed E-state index contributed by atoms with van der Waals surface area (Å²) in [6.07, 6.45) is -9.54. The van der Waals surface area contributed by atoms with Crippen LogP contribution in [0.3, 0.4) is 0 Å². The van der Waals surface area contributed by atoms with Gasteiger partial charge in [0.05, 0.1) is 30.9 Å². The Morgan fingerprint density at radius 3 is 2.40 bits per heavy atom. The maximum absolute atomic E-state index is 14.2. The summed E-state index contributed by atoms with van der Waals surface area (Å²) in [5.41, 5.74) is 1.02. The first-order chi connectivity index (χ1) is 22.6. The van der Waals surface area contributed by atoms with Crippen molar-refractivity contribution in [2.45, 2.75) is 93.4 Å². The Morgan fingerprint density at radius 1 is 1.04 bits per heavy atom. The zero-order valence-corrected chi connectivity index (χ0v) is 28.2. The molecule has 0 radical (unpaired) electrons. The number of benzene rings is 2. The van der Waals surface area contributed by atoms with Gasteiger partial charge < -0.3 is 54.9 Å². The van der Waals surface area contributed by atoms with Crippen LogP contribution in [0.2, 0.25) is 18.6 Å². The molecule has 6 rings (SSSR count). The zero-order chi connectivity index (χ0) is 34.9. The number of aliphatic hydroxyl groups is 5. The van der Waals surface area contributed by atoms with Crippen LogP contribution in [-0.4, -0.2) is 118 Å². The standard InChI is InChI=1S/C33H43N3O11Si/c1-16-29(48(3,4)45)23(13-24(38)36-14-18-8-6-5-7-17(18)11-20(36)15-37)47-33(16)21-12-19(9-10-22(21)35(2)32(33)44)34-30(42)28-26(40)25(39)27(41)31(43)46-28/h5-10,12,16,20,23,25-29,31,37,39-41,43,45H,11,13-15H2,1-4H3,(H,34,42)/t16-,20-,23+,25-,26-,27+,28-,29-,31+,33+/m0/s1. The van der Waals surface area contributed by atoms with Crippen molar-refractivity contribution in [2.75, 3.05) is 23.9 Å². The van der Waals surface area contributed by atoms with E-state index >= 15 is 0 Å². The number of fused-ring (bicyclic) bond motifs is 3. The first-order valence-electron chi connectivity index (χ1n) is 16.1. The second-order valence-electron chi connectivity index (χ2n) is 13.9. The van der Waals surface area contributed by atoms with Crippen molar-refractivity contribution in [2.24, 2.45) is 5.92 Å². The number of rotatable bonds is 6. The fourth-order valence-electron chi connectivity index (χ4n) is 8.08. The number of carbonyl (C=O) groups is 3. The van der Waals surface area contributed by atoms with E-state index in [-0.39, 0.29) is 24.6 Å². The molecule has 10 atom stereocenters. The van der Waals surface area contributed by atoms with Crippen LogP contribution in [0.1, 0.15) is 30.0 Å². The van der Waals surface area contributed by atoms with Gasteiger partial charge in [0.1, 0.15) is 18.3 Å². The van der Waals surface area contributed by atoms with Crippen molar-refractivity contribution >= 4 is 37.4 Å². The number of carbonyl (C=O) groups excluding carboxylic acids is 3. The van der Waals surface area contributed by atoms with Gasteiger partial charge in [-0.25, -0.2) is 0 Å². The summed E-state index contributed by atoms with van der Waals surface area (Å²) in [6.45, 7) is 5.41. The van der Waals surface area contributed by atoms with Gasteiger partial charge in [-0.3, -0.25) is 14.4 Å². The maximum atomic E-state index is 14.2. The highest BCUT2D eigenvalue weighted by Crippen LogP contribution is 2.59. The molecule has 2 aromatic carbocycles. The molecule has 260 valence electrons. The normalized spacial score (nSPS) is 34.7. The average Bonchev–Trinajstić information content (AvgIpc) is 3.46. The van der Waals surface area contributed by atoms with Crippen molar-refractivity contribution in [3.63, 3.8) is 0 Å². The SMILES string of the molecule is C[C@H]1[C@H]([Si](C)(C)O)[C@@H](CC(=O)N2Cc3ccccc3C[C@H]2CO)O[C@]12C(=O)N(C)c1ccc(NC(=O)[C@H]3O[C@@H](O)[C@H](O)[C@@H](O)[C@@H]3O)cc12. The quantitative estimate of drug-likeness (QED) is 0.194. The molecule has 2 aromatic rings. The van der Waals surface area contributed by atoms with Gasteiger partial charge in [0.25, 0.3) is 11.8 Å². The largest absolute Gasteiger partial charge is 0.432 e. The third-order valence-electron chi connectivity index (χ3n) is 10.5. The average molecular weight is 686 g/mol. The second kappa shape index (κ2) is 12.6. The lowest BCUT2D eigenvalue weighted by molar-refractivity contribution is -0.274. The molecule has 2 saturated heterocycles. The molecule has 2 fully saturated rings. The van der Waals surface area contributed by atoms with Crippen LogP contribution < -0.4 is 10.2 Å². The zero-order valence-electron chi connectivity index (χ0n) is 27.2. The first kappa shape index (κ1) is 34.6. The molecule has 15 heteroatoms. The lowest BCUT2D eigenvalue weighted by Gasteiger charge is -2.37. The Labute approximate surface area is 278 Å². The van der Waals surface area contributed by atoms with Gasteiger partial charge >= 0.3 is 0 Å². The van der Waals surface area contributed by atoms with E-state index < -0.39 is 80.0 Å². The van der Waals surface area contributed by atoms with Crippen LogP contribution in [0.4, 0.5) is 11.4 Å². The number of hydrogen-bond donors (Lipinski definition) is 7. The van der Waals surface area contributed by atoms with Gasteiger partial charge in [0.15, 0.2) is 26.3 Å². The Bertz CT molecular complexity index is 1600. The minimum absolute atomic E-state index is 0.122. The number of anilines is 2. The third kappa shape index (κ3) is 5.56. The molecule has 0 unspecified atom stereocenters. The van der Waals surface area contributed by atoms with Gasteiger partial charge in [0.2, 0.25) is 5.91 Å². The first-order valence-corrected chi connectivity index (χ1v) is 19.1. The van der Waals surface area contributed by atoms with Gasteiger partial charge in [-0.2, -0.15) is 0 Å². The van der Waals surface area contributed by atoms with E-state index in [2.05, 4.69) is 5.32 Å². The molecule has 4 aliphatic rings. The molecule has 48 heavy (non-hydrogen) atoms. The highest BCUT2D eigenvalue weighted by Gasteiger charge is 2.66. The third-order valence-corrected chi connectivity index (χ3v) is 13.0. The second-order valence-corrected chi connectivity index (χ2v) is 17.9. The molecule has 4 aliphatic heterocycles. The van der Waals surface area contributed by atoms with Crippen LogP contribution in [-0.2, 0) is 42.4 Å². The number of aliphatic hydroxyl groups excluding tert-OH is 5. The van der Waals surface area contributed by atoms with Crippen molar-refractivity contribution < 1.29 is 54.2 Å². The van der Waals surface area contributed by atoms with E-state index in [1.165, 1.54) is 11.0 Å². The Balaban J connectivity index is 1.30. The molecule has 4 heterocycles. The number of hydrogen-bond acceptors (Lipinski definition) is 11. The van der Waals surface area contributed by atoms with Gasteiger partial charge in [-0.1, -0.05) is 31.2 Å². The number of nitrogens with zero attached hydrogens (tertiary/aromatic N) is 2. The highest BCUT2D eigenvalue weighted by atomic mass is 28.4. The Morgan fingerprint density at radius 2 is 1.73 bits per heavy atom. The minimum Gasteiger partial charge on any atom is -0.432 e. The minimum atomic E-state index is -3.10. The summed E-state index contributed by atoms with van der Waals surface area (Å²) in [7, 11) is -1.51. The van der Waals surface area contributed by atoms with E-state index in [4.69, 9.17) is 9.47 Å². The fraction of sp³-hybridized carbons (Fsp3) is 0.545. The van der Waals surface area contributed by atoms with Gasteiger partial charge in [-0.15, -0.1) is 0 Å². The Hall–Kier alpha value is -3.25. The van der Waals surface area contributed by atoms with Crippen molar-refractivity contribution in [1.82, 2.24) is 4.90 Å². The molecule has 0 saturated carbocycles. The van der Waals surface area contributed by atoms with Crippen LogP contribution in [0, 0.1) is 5.92 Å². The number of nitrogens with one attached hydrogen (secondary N) is 1. The summed E-state index contributed by atoms with van der Waals surface area (Å²) in [5.74, 6) is -2.15. The summed E-state index contributed by atoms with van der Waals surface area (Å²) in [6, 6.07) is 12.0. The van der Waals surface area contributed by atoms with E-state index in [0.717, 1.165) is 11.1 Å². The fourth-order valence-corrected chi connectivity index (χ4v) is 10.6. The van der Waals surface area contributed by atoms with Crippen LogP contribution in [0.15, 0.2) is 42.5 Å². The van der Waals surface area contributed by atoms with E-state index in [1.54, 1.807) is 37.2 Å². The smallest absolute Gasteiger partial charge is 0.264 e. The van der Waals surface area contributed by atoms with E-state index in [1.807, 2.05) is 31.2 Å². The summed E-state index contributed by atoms with van der Waals surface area (Å²) < 4.78 is 11.8. The molecule has 3 amide bonds. The van der Waals surface area contributed by atoms with Crippen molar-refractivity contribution in [1.29, 1.82) is 0 Å². The van der Waals surface area contributed by atoms with E-state index in [9.17, 15) is 44.7 Å². The molecular weight excluding hydrogens is 642 g/mol. The number of likely N-dealkylation sites (N-methyl/N-ethyl adjacent to an activating group) is 1. The summed E-state index contributed by atoms with van der Waals surface area (Å²) in [5, 5.41) is 52.8. The lowest BCUT2D eigenvalue weighted by Crippen LogP contribution is -2.60.